The van der Waals surface area contributed by atoms with E-state index in [9.17, 15) is 9.67 Å². The van der Waals surface area contributed by atoms with Gasteiger partial charge in [-0.1, -0.05) is 0 Å². The van der Waals surface area contributed by atoms with E-state index in [1.165, 1.54) is 10.9 Å². The second-order valence-corrected chi connectivity index (χ2v) is 6.50. The van der Waals surface area contributed by atoms with Crippen LogP contribution >= 0.6 is 19.4 Å². The van der Waals surface area contributed by atoms with Crippen molar-refractivity contribution in [1.82, 2.24) is 19.5 Å². The van der Waals surface area contributed by atoms with Crippen molar-refractivity contribution in [1.29, 1.82) is 0 Å². The summed E-state index contributed by atoms with van der Waals surface area (Å²) in [6.45, 7) is -0.452. The van der Waals surface area contributed by atoms with Crippen molar-refractivity contribution in [2.24, 2.45) is 0 Å². The number of nitrogens with two attached hydrogens (primary N) is 1. The third kappa shape index (κ3) is 4.25. The van der Waals surface area contributed by atoms with Crippen molar-refractivity contribution in [3.05, 3.63) is 11.6 Å². The number of imidazole rings is 1. The first kappa shape index (κ1) is 20.0. The number of aromatic nitrogens is 4. The fourth-order valence-electron chi connectivity index (χ4n) is 2.33. The van der Waals surface area contributed by atoms with E-state index >= 15 is 0 Å². The first-order chi connectivity index (χ1) is 10.7. The Bertz CT molecular complexity index is 786. The summed E-state index contributed by atoms with van der Waals surface area (Å²) in [6, 6.07) is 0. The molecule has 0 spiro atoms. The summed E-state index contributed by atoms with van der Waals surface area (Å²) in [5.41, 5.74) is 6.38. The number of ether oxygens (including phenoxy) is 1. The van der Waals surface area contributed by atoms with Gasteiger partial charge < -0.3 is 25.4 Å². The normalized spacial score (nSPS) is 24.2. The van der Waals surface area contributed by atoms with Crippen LogP contribution in [0.5, 0.6) is 0 Å². The van der Waals surface area contributed by atoms with Crippen LogP contribution in [0.4, 0.5) is 5.82 Å². The number of aliphatic hydroxyl groups is 1. The molecule has 1 aliphatic rings. The Morgan fingerprint density at radius 1 is 1.50 bits per heavy atom. The van der Waals surface area contributed by atoms with Crippen LogP contribution in [0.1, 0.15) is 12.6 Å². The predicted molar refractivity (Wildman–Crippen MR) is 84.4 cm³/mol. The number of halogens is 1. The van der Waals surface area contributed by atoms with E-state index < -0.39 is 32.9 Å². The van der Waals surface area contributed by atoms with E-state index in [0.717, 1.165) is 0 Å². The standard InChI is InChI=1S/C10H13ClN5O6P.Na.H/c11-10-14-8(12)7-9(15-10)16(3-13-7)6-1-4(17)5(22-6)2-21-23(18,19)20;;/h3-6,17H,1-2H2,(H2,12,14,15)(H2,18,19,20);;/t4-,5+,6+;;/m0../s1. The zero-order valence-corrected chi connectivity index (χ0v) is 13.1. The fourth-order valence-corrected chi connectivity index (χ4v) is 2.84. The van der Waals surface area contributed by atoms with Gasteiger partial charge in [-0.15, -0.1) is 0 Å². The molecule has 0 aliphatic carbocycles. The molecule has 3 atom stereocenters. The van der Waals surface area contributed by atoms with Crippen molar-refractivity contribution in [2.75, 3.05) is 12.3 Å². The quantitative estimate of drug-likeness (QED) is 0.294. The summed E-state index contributed by atoms with van der Waals surface area (Å²) < 4.78 is 22.2. The van der Waals surface area contributed by atoms with Crippen LogP contribution in [-0.4, -0.2) is 82.8 Å². The Balaban J connectivity index is 0.00000208. The molecule has 2 aromatic heterocycles. The second-order valence-electron chi connectivity index (χ2n) is 4.92. The van der Waals surface area contributed by atoms with Gasteiger partial charge in [0.1, 0.15) is 17.8 Å². The van der Waals surface area contributed by atoms with Crippen molar-refractivity contribution in [3.63, 3.8) is 0 Å². The minimum atomic E-state index is -4.64. The SMILES string of the molecule is Nc1nc(Cl)nc2c1ncn2[C@H]1C[C@H](O)[C@@H](COP(=O)(O)O)O1.[NaH]. The summed E-state index contributed by atoms with van der Waals surface area (Å²) in [6.07, 6.45) is -0.971. The molecule has 0 saturated carbocycles. The molecule has 1 saturated heterocycles. The van der Waals surface area contributed by atoms with E-state index in [1.807, 2.05) is 0 Å². The zero-order chi connectivity index (χ0) is 16.8. The third-order valence-corrected chi connectivity index (χ3v) is 4.00. The number of nitrogens with zero attached hydrogens (tertiary/aromatic N) is 4. The van der Waals surface area contributed by atoms with Gasteiger partial charge in [0.05, 0.1) is 19.0 Å². The minimum absolute atomic E-state index is 0. The molecule has 24 heavy (non-hydrogen) atoms. The van der Waals surface area contributed by atoms with Crippen LogP contribution in [0.3, 0.4) is 0 Å². The summed E-state index contributed by atoms with van der Waals surface area (Å²) >= 11 is 5.78. The molecule has 0 bridgehead atoms. The number of phosphoric ester groups is 1. The number of anilines is 1. The number of hydrogen-bond acceptors (Lipinski definition) is 8. The van der Waals surface area contributed by atoms with E-state index in [1.54, 1.807) is 0 Å². The van der Waals surface area contributed by atoms with Crippen molar-refractivity contribution in [2.45, 2.75) is 24.9 Å². The summed E-state index contributed by atoms with van der Waals surface area (Å²) in [4.78, 5) is 29.3. The number of rotatable bonds is 4. The monoisotopic (exact) mass is 389 g/mol. The van der Waals surface area contributed by atoms with E-state index in [2.05, 4.69) is 19.5 Å². The zero-order valence-electron chi connectivity index (χ0n) is 11.5. The van der Waals surface area contributed by atoms with Crippen molar-refractivity contribution in [3.8, 4) is 0 Å². The third-order valence-electron chi connectivity index (χ3n) is 3.34. The van der Waals surface area contributed by atoms with Crippen molar-refractivity contribution >= 4 is 66.0 Å². The van der Waals surface area contributed by atoms with Gasteiger partial charge in [0.25, 0.3) is 0 Å². The van der Waals surface area contributed by atoms with Gasteiger partial charge in [-0.05, 0) is 11.6 Å². The predicted octanol–water partition coefficient (Wildman–Crippen LogP) is -0.829. The van der Waals surface area contributed by atoms with Gasteiger partial charge in [0.2, 0.25) is 5.28 Å². The van der Waals surface area contributed by atoms with E-state index in [4.69, 9.17) is 31.9 Å². The molecule has 3 rings (SSSR count). The van der Waals surface area contributed by atoms with Crippen LogP contribution in [0.2, 0.25) is 5.28 Å². The van der Waals surface area contributed by atoms with Gasteiger partial charge in [-0.3, -0.25) is 9.09 Å². The Morgan fingerprint density at radius 3 is 2.88 bits per heavy atom. The number of phosphoric acid groups is 1. The molecule has 1 fully saturated rings. The molecule has 11 nitrogen and oxygen atoms in total. The maximum absolute atomic E-state index is 10.7. The Hall–Kier alpha value is -0.330. The van der Waals surface area contributed by atoms with Crippen LogP contribution in [-0.2, 0) is 13.8 Å². The Labute approximate surface area is 162 Å². The molecular formula is C10H14ClN5NaO6P. The summed E-state index contributed by atoms with van der Waals surface area (Å²) in [5.74, 6) is 0.110. The number of fused-ring (bicyclic) bond motifs is 1. The molecule has 0 aromatic carbocycles. The molecule has 1 aliphatic heterocycles. The van der Waals surface area contributed by atoms with Crippen LogP contribution in [0.25, 0.3) is 11.2 Å². The van der Waals surface area contributed by atoms with Crippen LogP contribution in [0, 0.1) is 0 Å². The molecule has 0 unspecified atom stereocenters. The van der Waals surface area contributed by atoms with Crippen LogP contribution < -0.4 is 5.73 Å². The molecule has 2 aromatic rings. The fraction of sp³-hybridized carbons (Fsp3) is 0.500. The van der Waals surface area contributed by atoms with Crippen molar-refractivity contribution < 1.29 is 28.7 Å². The van der Waals surface area contributed by atoms with Gasteiger partial charge >= 0.3 is 37.4 Å². The first-order valence-corrected chi connectivity index (χ1v) is 8.34. The van der Waals surface area contributed by atoms with Gasteiger partial charge in [0, 0.05) is 6.42 Å². The number of aliphatic hydroxyl groups excluding tert-OH is 1. The summed E-state index contributed by atoms with van der Waals surface area (Å²) in [7, 11) is -4.64. The van der Waals surface area contributed by atoms with Gasteiger partial charge in [-0.25, -0.2) is 9.55 Å². The molecule has 0 amide bonds. The molecule has 14 heteroatoms. The summed E-state index contributed by atoms with van der Waals surface area (Å²) in [5, 5.41) is 9.90. The van der Waals surface area contributed by atoms with E-state index in [-0.39, 0.29) is 47.1 Å². The second kappa shape index (κ2) is 7.50. The first-order valence-electron chi connectivity index (χ1n) is 6.44. The Kier molecular flexibility index (Phi) is 6.25. The molecule has 5 N–H and O–H groups in total. The number of nitrogen functional groups attached to an aromatic ring is 1. The average molecular weight is 390 g/mol. The Morgan fingerprint density at radius 2 is 2.21 bits per heavy atom. The maximum atomic E-state index is 10.7. The number of hydrogen-bond donors (Lipinski definition) is 4. The van der Waals surface area contributed by atoms with Gasteiger partial charge in [0.15, 0.2) is 11.5 Å². The van der Waals surface area contributed by atoms with Crippen LogP contribution in [0.15, 0.2) is 6.33 Å². The topological polar surface area (TPSA) is 166 Å². The van der Waals surface area contributed by atoms with E-state index in [0.29, 0.717) is 11.2 Å². The van der Waals surface area contributed by atoms with Gasteiger partial charge in [-0.2, -0.15) is 9.97 Å². The average Bonchev–Trinajstić information content (AvgIpc) is 2.99. The molecule has 128 valence electrons. The molecule has 0 radical (unpaired) electrons. The molecule has 3 heterocycles. The molecular weight excluding hydrogens is 376 g/mol.